The molecular weight excluding hydrogens is 236 g/mol. The molecule has 0 aliphatic heterocycles. The molecule has 1 aromatic carbocycles. The molecule has 3 unspecified atom stereocenters. The van der Waals surface area contributed by atoms with Gasteiger partial charge >= 0.3 is 0 Å². The molecule has 1 saturated carbocycles. The third-order valence-corrected chi connectivity index (χ3v) is 3.82. The first-order valence-corrected chi connectivity index (χ1v) is 7.26. The molecule has 3 nitrogen and oxygen atoms in total. The summed E-state index contributed by atoms with van der Waals surface area (Å²) in [6, 6.07) is 8.50. The van der Waals surface area contributed by atoms with Gasteiger partial charge in [0, 0.05) is 17.6 Å². The van der Waals surface area contributed by atoms with Crippen LogP contribution in [0.5, 0.6) is 0 Å². The van der Waals surface area contributed by atoms with Gasteiger partial charge in [-0.25, -0.2) is 0 Å². The van der Waals surface area contributed by atoms with Gasteiger partial charge in [-0.1, -0.05) is 26.0 Å². The summed E-state index contributed by atoms with van der Waals surface area (Å²) in [6.45, 7) is 7.47. The normalized spacial score (nSPS) is 22.9. The summed E-state index contributed by atoms with van der Waals surface area (Å²) in [6.07, 6.45) is 2.17. The highest BCUT2D eigenvalue weighted by molar-refractivity contribution is 5.94. The number of anilines is 1. The first kappa shape index (κ1) is 14.1. The van der Waals surface area contributed by atoms with E-state index in [1.165, 1.54) is 5.56 Å². The summed E-state index contributed by atoms with van der Waals surface area (Å²) in [5.74, 6) is 0.944. The number of benzene rings is 1. The first-order chi connectivity index (χ1) is 9.11. The lowest BCUT2D eigenvalue weighted by molar-refractivity contribution is -0.117. The van der Waals surface area contributed by atoms with Crippen molar-refractivity contribution in [3.8, 4) is 0 Å². The Hall–Kier alpha value is -1.35. The summed E-state index contributed by atoms with van der Waals surface area (Å²) < 4.78 is 0. The van der Waals surface area contributed by atoms with E-state index in [1.807, 2.05) is 12.1 Å². The molecule has 1 aliphatic rings. The summed E-state index contributed by atoms with van der Waals surface area (Å²) >= 11 is 0. The maximum Gasteiger partial charge on any atom is 0.227 e. The number of rotatable bonds is 6. The number of carbonyl (C=O) groups excluding carboxylic acids is 1. The molecule has 0 bridgehead atoms. The van der Waals surface area contributed by atoms with Crippen LogP contribution in [0, 0.1) is 11.8 Å². The van der Waals surface area contributed by atoms with E-state index >= 15 is 0 Å². The van der Waals surface area contributed by atoms with E-state index in [9.17, 15) is 4.79 Å². The highest BCUT2D eigenvalue weighted by Crippen LogP contribution is 2.38. The molecule has 0 aromatic heterocycles. The molecule has 0 saturated heterocycles. The van der Waals surface area contributed by atoms with Crippen LogP contribution in [-0.4, -0.2) is 12.5 Å². The zero-order valence-electron chi connectivity index (χ0n) is 12.1. The third kappa shape index (κ3) is 3.80. The highest BCUT2D eigenvalue weighted by Gasteiger charge is 2.38. The minimum atomic E-state index is 0.164. The molecule has 1 aliphatic carbocycles. The van der Waals surface area contributed by atoms with Gasteiger partial charge in [0.2, 0.25) is 5.91 Å². The van der Waals surface area contributed by atoms with Crippen molar-refractivity contribution in [2.45, 2.75) is 39.7 Å². The molecule has 1 fully saturated rings. The summed E-state index contributed by atoms with van der Waals surface area (Å²) in [5.41, 5.74) is 2.15. The minimum absolute atomic E-state index is 0.164. The maximum absolute atomic E-state index is 11.8. The Morgan fingerprint density at radius 3 is 2.53 bits per heavy atom. The predicted octanol–water partition coefficient (Wildman–Crippen LogP) is 3.34. The van der Waals surface area contributed by atoms with Gasteiger partial charge in [0.05, 0.1) is 0 Å². The zero-order chi connectivity index (χ0) is 13.8. The lowest BCUT2D eigenvalue weighted by Gasteiger charge is -2.14. The van der Waals surface area contributed by atoms with E-state index in [-0.39, 0.29) is 11.8 Å². The Balaban J connectivity index is 1.89. The topological polar surface area (TPSA) is 41.1 Å². The van der Waals surface area contributed by atoms with Gasteiger partial charge in [-0.15, -0.1) is 0 Å². The Morgan fingerprint density at radius 2 is 2.00 bits per heavy atom. The predicted molar refractivity (Wildman–Crippen MR) is 79.1 cm³/mol. The van der Waals surface area contributed by atoms with E-state index in [0.29, 0.717) is 12.0 Å². The van der Waals surface area contributed by atoms with Crippen molar-refractivity contribution in [3.05, 3.63) is 29.8 Å². The van der Waals surface area contributed by atoms with Crippen molar-refractivity contribution < 1.29 is 4.79 Å². The molecule has 0 spiro atoms. The molecular formula is C16H24N2O. The number of hydrogen-bond donors (Lipinski definition) is 2. The third-order valence-electron chi connectivity index (χ3n) is 3.82. The average Bonchev–Trinajstić information content (AvgIpc) is 3.14. The average molecular weight is 260 g/mol. The van der Waals surface area contributed by atoms with Gasteiger partial charge in [-0.05, 0) is 49.9 Å². The number of nitrogens with one attached hydrogen (secondary N) is 2. The van der Waals surface area contributed by atoms with E-state index < -0.39 is 0 Å². The van der Waals surface area contributed by atoms with E-state index in [2.05, 4.69) is 43.5 Å². The van der Waals surface area contributed by atoms with Gasteiger partial charge < -0.3 is 10.6 Å². The van der Waals surface area contributed by atoms with Gasteiger partial charge in [0.1, 0.15) is 0 Å². The standard InChI is InChI=1S/C16H24N2O/c1-4-9-17-12(3)13-5-7-14(8-6-13)18-16(19)15-10-11(15)2/h5-8,11-12,15,17H,4,9-10H2,1-3H3,(H,18,19). The molecule has 3 atom stereocenters. The van der Waals surface area contributed by atoms with Gasteiger partial charge in [-0.3, -0.25) is 4.79 Å². The Labute approximate surface area is 115 Å². The number of hydrogen-bond acceptors (Lipinski definition) is 2. The van der Waals surface area contributed by atoms with Crippen molar-refractivity contribution in [1.82, 2.24) is 5.32 Å². The van der Waals surface area contributed by atoms with Crippen molar-refractivity contribution in [1.29, 1.82) is 0 Å². The van der Waals surface area contributed by atoms with Gasteiger partial charge in [0.15, 0.2) is 0 Å². The van der Waals surface area contributed by atoms with Crippen LogP contribution in [0.1, 0.15) is 45.2 Å². The van der Waals surface area contributed by atoms with Crippen LogP contribution in [0.25, 0.3) is 0 Å². The quantitative estimate of drug-likeness (QED) is 0.823. The maximum atomic E-state index is 11.8. The van der Waals surface area contributed by atoms with Gasteiger partial charge in [0.25, 0.3) is 0 Å². The largest absolute Gasteiger partial charge is 0.326 e. The molecule has 0 heterocycles. The van der Waals surface area contributed by atoms with Crippen molar-refractivity contribution in [2.24, 2.45) is 11.8 Å². The van der Waals surface area contributed by atoms with Crippen LogP contribution in [0.3, 0.4) is 0 Å². The van der Waals surface area contributed by atoms with Crippen LogP contribution in [0.2, 0.25) is 0 Å². The lowest BCUT2D eigenvalue weighted by Crippen LogP contribution is -2.19. The fourth-order valence-electron chi connectivity index (χ4n) is 2.26. The molecule has 2 rings (SSSR count). The Kier molecular flexibility index (Phi) is 4.59. The van der Waals surface area contributed by atoms with Crippen LogP contribution >= 0.6 is 0 Å². The van der Waals surface area contributed by atoms with Crippen molar-refractivity contribution in [2.75, 3.05) is 11.9 Å². The highest BCUT2D eigenvalue weighted by atomic mass is 16.2. The van der Waals surface area contributed by atoms with E-state index in [0.717, 1.165) is 25.1 Å². The molecule has 1 aromatic rings. The van der Waals surface area contributed by atoms with Crippen LogP contribution in [0.4, 0.5) is 5.69 Å². The fraction of sp³-hybridized carbons (Fsp3) is 0.562. The zero-order valence-corrected chi connectivity index (χ0v) is 12.1. The summed E-state index contributed by atoms with van der Waals surface area (Å²) in [4.78, 5) is 11.8. The van der Waals surface area contributed by atoms with Crippen molar-refractivity contribution >= 4 is 11.6 Å². The van der Waals surface area contributed by atoms with E-state index in [1.54, 1.807) is 0 Å². The van der Waals surface area contributed by atoms with Gasteiger partial charge in [-0.2, -0.15) is 0 Å². The molecule has 104 valence electrons. The molecule has 2 N–H and O–H groups in total. The Morgan fingerprint density at radius 1 is 1.37 bits per heavy atom. The molecule has 1 amide bonds. The van der Waals surface area contributed by atoms with Crippen LogP contribution in [0.15, 0.2) is 24.3 Å². The Bertz CT molecular complexity index is 427. The molecule has 19 heavy (non-hydrogen) atoms. The SMILES string of the molecule is CCCNC(C)c1ccc(NC(=O)C2CC2C)cc1. The van der Waals surface area contributed by atoms with Crippen molar-refractivity contribution in [3.63, 3.8) is 0 Å². The van der Waals surface area contributed by atoms with Crippen LogP contribution < -0.4 is 10.6 Å². The second-order valence-electron chi connectivity index (χ2n) is 5.61. The number of carbonyl (C=O) groups is 1. The second-order valence-corrected chi connectivity index (χ2v) is 5.61. The molecule has 0 radical (unpaired) electrons. The first-order valence-electron chi connectivity index (χ1n) is 7.26. The number of amides is 1. The summed E-state index contributed by atoms with van der Waals surface area (Å²) in [7, 11) is 0. The summed E-state index contributed by atoms with van der Waals surface area (Å²) in [5, 5.41) is 6.44. The monoisotopic (exact) mass is 260 g/mol. The minimum Gasteiger partial charge on any atom is -0.326 e. The van der Waals surface area contributed by atoms with E-state index in [4.69, 9.17) is 0 Å². The smallest absolute Gasteiger partial charge is 0.227 e. The second kappa shape index (κ2) is 6.20. The molecule has 3 heteroatoms. The fourth-order valence-corrected chi connectivity index (χ4v) is 2.26. The lowest BCUT2D eigenvalue weighted by atomic mass is 10.1. The van der Waals surface area contributed by atoms with Crippen LogP contribution in [-0.2, 0) is 4.79 Å².